The van der Waals surface area contributed by atoms with E-state index in [0.717, 1.165) is 56.6 Å². The Morgan fingerprint density at radius 3 is 2.47 bits per heavy atom. The monoisotopic (exact) mass is 523 g/mol. The van der Waals surface area contributed by atoms with Crippen molar-refractivity contribution in [3.05, 3.63) is 59.2 Å². The van der Waals surface area contributed by atoms with Crippen molar-refractivity contribution in [1.29, 1.82) is 0 Å². The average Bonchev–Trinajstić information content (AvgIpc) is 3.24. The number of nitrogens with zero attached hydrogens (tertiary/aromatic N) is 1. The highest BCUT2D eigenvalue weighted by molar-refractivity contribution is 14.0. The Balaban J connectivity index is 0.00000256. The molecule has 2 N–H and O–H groups in total. The molecular weight excluding hydrogens is 493 g/mol. The first-order valence-electron chi connectivity index (χ1n) is 10.2. The molecule has 0 unspecified atom stereocenters. The number of halogens is 1. The number of rotatable bonds is 5. The van der Waals surface area contributed by atoms with E-state index in [-0.39, 0.29) is 29.4 Å². The molecule has 30 heavy (non-hydrogen) atoms. The summed E-state index contributed by atoms with van der Waals surface area (Å²) < 4.78 is 16.7. The van der Waals surface area contributed by atoms with Gasteiger partial charge < -0.3 is 24.8 Å². The third kappa shape index (κ3) is 5.18. The molecule has 0 aromatic heterocycles. The lowest BCUT2D eigenvalue weighted by Crippen LogP contribution is -2.47. The minimum Gasteiger partial charge on any atom is -0.454 e. The molecule has 1 fully saturated rings. The van der Waals surface area contributed by atoms with Gasteiger partial charge in [0, 0.05) is 38.8 Å². The first kappa shape index (κ1) is 22.7. The molecule has 7 heteroatoms. The summed E-state index contributed by atoms with van der Waals surface area (Å²) in [5, 5.41) is 6.96. The standard InChI is InChI=1S/C23H29N3O3.HI/c1-17-3-5-18(6-4-17)14-25-22(24-2)26-15-23(9-11-27-12-10-23)19-7-8-20-21(13-19)29-16-28-20;/h3-8,13H,9-12,14-16H2,1-2H3,(H2,24,25,26);1H. The minimum absolute atomic E-state index is 0. The fourth-order valence-electron chi connectivity index (χ4n) is 3.92. The van der Waals surface area contributed by atoms with E-state index >= 15 is 0 Å². The van der Waals surface area contributed by atoms with Crippen molar-refractivity contribution in [1.82, 2.24) is 10.6 Å². The van der Waals surface area contributed by atoms with Crippen LogP contribution in [0.4, 0.5) is 0 Å². The Hall–Kier alpha value is -2.00. The van der Waals surface area contributed by atoms with Crippen molar-refractivity contribution in [2.24, 2.45) is 4.99 Å². The van der Waals surface area contributed by atoms with Crippen molar-refractivity contribution in [2.75, 3.05) is 33.6 Å². The molecule has 0 saturated carbocycles. The smallest absolute Gasteiger partial charge is 0.231 e. The fraction of sp³-hybridized carbons (Fsp3) is 0.435. The zero-order valence-electron chi connectivity index (χ0n) is 17.6. The van der Waals surface area contributed by atoms with E-state index in [1.165, 1.54) is 16.7 Å². The molecule has 1 saturated heterocycles. The second-order valence-corrected chi connectivity index (χ2v) is 7.73. The van der Waals surface area contributed by atoms with Crippen molar-refractivity contribution in [3.63, 3.8) is 0 Å². The SMILES string of the molecule is CN=C(NCc1ccc(C)cc1)NCC1(c2ccc3c(c2)OCO3)CCOCC1.I. The van der Waals surface area contributed by atoms with E-state index in [1.54, 1.807) is 0 Å². The van der Waals surface area contributed by atoms with E-state index in [2.05, 4.69) is 58.9 Å². The normalized spacial score (nSPS) is 17.2. The van der Waals surface area contributed by atoms with Crippen LogP contribution in [0.2, 0.25) is 0 Å². The summed E-state index contributed by atoms with van der Waals surface area (Å²) in [5.74, 6) is 2.45. The summed E-state index contributed by atoms with van der Waals surface area (Å²) >= 11 is 0. The maximum absolute atomic E-state index is 5.66. The lowest BCUT2D eigenvalue weighted by molar-refractivity contribution is 0.0513. The Bertz CT molecular complexity index is 864. The van der Waals surface area contributed by atoms with Gasteiger partial charge in [0.05, 0.1) is 0 Å². The van der Waals surface area contributed by atoms with Crippen LogP contribution in [0.5, 0.6) is 11.5 Å². The number of guanidine groups is 1. The van der Waals surface area contributed by atoms with Crippen molar-refractivity contribution in [2.45, 2.75) is 31.7 Å². The van der Waals surface area contributed by atoms with E-state index in [4.69, 9.17) is 14.2 Å². The minimum atomic E-state index is -0.0271. The zero-order chi connectivity index (χ0) is 20.1. The van der Waals surface area contributed by atoms with E-state index in [9.17, 15) is 0 Å². The number of nitrogens with one attached hydrogen (secondary N) is 2. The Labute approximate surface area is 195 Å². The maximum atomic E-state index is 5.66. The van der Waals surface area contributed by atoms with Gasteiger partial charge in [-0.3, -0.25) is 4.99 Å². The molecule has 2 aromatic carbocycles. The summed E-state index contributed by atoms with van der Waals surface area (Å²) in [4.78, 5) is 4.41. The highest BCUT2D eigenvalue weighted by atomic mass is 127. The van der Waals surface area contributed by atoms with Gasteiger partial charge in [0.25, 0.3) is 0 Å². The van der Waals surface area contributed by atoms with Gasteiger partial charge in [0.15, 0.2) is 17.5 Å². The molecule has 0 amide bonds. The molecule has 0 bridgehead atoms. The molecule has 2 heterocycles. The number of aliphatic imine (C=N–C) groups is 1. The van der Waals surface area contributed by atoms with Gasteiger partial charge in [-0.2, -0.15) is 0 Å². The van der Waals surface area contributed by atoms with E-state index in [0.29, 0.717) is 6.79 Å². The van der Waals surface area contributed by atoms with Crippen LogP contribution in [0.1, 0.15) is 29.5 Å². The molecule has 0 radical (unpaired) electrons. The van der Waals surface area contributed by atoms with Crippen LogP contribution < -0.4 is 20.1 Å². The first-order chi connectivity index (χ1) is 14.2. The van der Waals surface area contributed by atoms with Gasteiger partial charge >= 0.3 is 0 Å². The number of hydrogen-bond donors (Lipinski definition) is 2. The van der Waals surface area contributed by atoms with E-state index < -0.39 is 0 Å². The number of ether oxygens (including phenoxy) is 3. The molecule has 4 rings (SSSR count). The fourth-order valence-corrected chi connectivity index (χ4v) is 3.92. The first-order valence-corrected chi connectivity index (χ1v) is 10.2. The molecule has 6 nitrogen and oxygen atoms in total. The number of fused-ring (bicyclic) bond motifs is 1. The summed E-state index contributed by atoms with van der Waals surface area (Å²) in [6, 6.07) is 14.8. The molecule has 2 aliphatic rings. The predicted molar refractivity (Wildman–Crippen MR) is 129 cm³/mol. The Morgan fingerprint density at radius 1 is 1.00 bits per heavy atom. The maximum Gasteiger partial charge on any atom is 0.231 e. The van der Waals surface area contributed by atoms with Crippen molar-refractivity contribution in [3.8, 4) is 11.5 Å². The second kappa shape index (κ2) is 10.3. The summed E-state index contributed by atoms with van der Waals surface area (Å²) in [5.41, 5.74) is 3.73. The lowest BCUT2D eigenvalue weighted by atomic mass is 9.74. The van der Waals surface area contributed by atoms with E-state index in [1.807, 2.05) is 13.1 Å². The topological polar surface area (TPSA) is 64.1 Å². The van der Waals surface area contributed by atoms with Crippen LogP contribution in [-0.4, -0.2) is 39.6 Å². The van der Waals surface area contributed by atoms with Crippen molar-refractivity contribution >= 4 is 29.9 Å². The summed E-state index contributed by atoms with van der Waals surface area (Å²) in [6.07, 6.45) is 1.91. The second-order valence-electron chi connectivity index (χ2n) is 7.73. The summed E-state index contributed by atoms with van der Waals surface area (Å²) in [7, 11) is 1.81. The van der Waals surface area contributed by atoms with Crippen molar-refractivity contribution < 1.29 is 14.2 Å². The van der Waals surface area contributed by atoms with Crippen LogP contribution >= 0.6 is 24.0 Å². The van der Waals surface area contributed by atoms with Crippen LogP contribution in [0.15, 0.2) is 47.5 Å². The lowest BCUT2D eigenvalue weighted by Gasteiger charge is -2.38. The zero-order valence-corrected chi connectivity index (χ0v) is 19.9. The molecular formula is C23H30IN3O3. The molecule has 0 atom stereocenters. The quantitative estimate of drug-likeness (QED) is 0.355. The Kier molecular flexibility index (Phi) is 7.82. The number of hydrogen-bond acceptors (Lipinski definition) is 4. The summed E-state index contributed by atoms with van der Waals surface area (Å²) in [6.45, 7) is 5.42. The third-order valence-corrected chi connectivity index (χ3v) is 5.83. The van der Waals surface area contributed by atoms with Gasteiger partial charge in [-0.1, -0.05) is 35.9 Å². The van der Waals surface area contributed by atoms with Crippen LogP contribution in [0, 0.1) is 6.92 Å². The predicted octanol–water partition coefficient (Wildman–Crippen LogP) is 3.76. The average molecular weight is 523 g/mol. The molecule has 2 aromatic rings. The van der Waals surface area contributed by atoms with Gasteiger partial charge in [-0.05, 0) is 43.0 Å². The molecule has 0 spiro atoms. The molecule has 2 aliphatic heterocycles. The number of aryl methyl sites for hydroxylation is 1. The largest absolute Gasteiger partial charge is 0.454 e. The van der Waals surface area contributed by atoms with Crippen LogP contribution in [-0.2, 0) is 16.7 Å². The van der Waals surface area contributed by atoms with Crippen LogP contribution in [0.3, 0.4) is 0 Å². The highest BCUT2D eigenvalue weighted by Crippen LogP contribution is 2.40. The number of benzene rings is 2. The van der Waals surface area contributed by atoms with Gasteiger partial charge in [-0.15, -0.1) is 24.0 Å². The van der Waals surface area contributed by atoms with Gasteiger partial charge in [-0.25, -0.2) is 0 Å². The molecule has 162 valence electrons. The van der Waals surface area contributed by atoms with Gasteiger partial charge in [0.2, 0.25) is 6.79 Å². The van der Waals surface area contributed by atoms with Crippen LogP contribution in [0.25, 0.3) is 0 Å². The third-order valence-electron chi connectivity index (χ3n) is 5.83. The highest BCUT2D eigenvalue weighted by Gasteiger charge is 2.35. The van der Waals surface area contributed by atoms with Gasteiger partial charge in [0.1, 0.15) is 0 Å². The molecule has 0 aliphatic carbocycles. The Morgan fingerprint density at radius 2 is 1.73 bits per heavy atom.